The minimum atomic E-state index is -3.68. The third-order valence-electron chi connectivity index (χ3n) is 3.43. The van der Waals surface area contributed by atoms with Crippen molar-refractivity contribution in [1.82, 2.24) is 0 Å². The van der Waals surface area contributed by atoms with Crippen LogP contribution in [0.4, 0.5) is 5.69 Å². The van der Waals surface area contributed by atoms with Gasteiger partial charge in [-0.15, -0.1) is 0 Å². The van der Waals surface area contributed by atoms with E-state index in [0.717, 1.165) is 5.56 Å². The Morgan fingerprint density at radius 1 is 1.22 bits per heavy atom. The van der Waals surface area contributed by atoms with Crippen molar-refractivity contribution in [3.8, 4) is 5.75 Å². The van der Waals surface area contributed by atoms with Crippen molar-refractivity contribution in [1.29, 1.82) is 0 Å². The second-order valence-corrected chi connectivity index (χ2v) is 8.05. The van der Waals surface area contributed by atoms with E-state index in [4.69, 9.17) is 16.3 Å². The average Bonchev–Trinajstić information content (AvgIpc) is 2.49. The van der Waals surface area contributed by atoms with Crippen LogP contribution < -0.4 is 9.04 Å². The predicted octanol–water partition coefficient (Wildman–Crippen LogP) is 4.63. The van der Waals surface area contributed by atoms with Crippen LogP contribution in [0.25, 0.3) is 0 Å². The van der Waals surface area contributed by atoms with E-state index < -0.39 is 10.0 Å². The van der Waals surface area contributed by atoms with Crippen molar-refractivity contribution in [2.24, 2.45) is 0 Å². The number of halogens is 2. The molecule has 0 aliphatic rings. The summed E-state index contributed by atoms with van der Waals surface area (Å²) in [5, 5.41) is 0.576. The average molecular weight is 419 g/mol. The summed E-state index contributed by atoms with van der Waals surface area (Å²) in [5.41, 5.74) is 1.42. The molecule has 2 aromatic rings. The molecule has 0 heterocycles. The molecule has 0 N–H and O–H groups in total. The highest BCUT2D eigenvalue weighted by Crippen LogP contribution is 2.32. The van der Waals surface area contributed by atoms with Crippen LogP contribution in [0.5, 0.6) is 5.75 Å². The number of hydrogen-bond acceptors (Lipinski definition) is 3. The maximum absolute atomic E-state index is 13.0. The van der Waals surface area contributed by atoms with Crippen molar-refractivity contribution in [2.45, 2.75) is 18.7 Å². The number of anilines is 1. The van der Waals surface area contributed by atoms with Crippen molar-refractivity contribution in [2.75, 3.05) is 18.0 Å². The van der Waals surface area contributed by atoms with E-state index in [1.807, 2.05) is 6.92 Å². The van der Waals surface area contributed by atoms with Crippen LogP contribution in [0.1, 0.15) is 12.5 Å². The van der Waals surface area contributed by atoms with Crippen LogP contribution in [0.15, 0.2) is 45.8 Å². The Balaban J connectivity index is 2.53. The molecule has 0 aromatic heterocycles. The van der Waals surface area contributed by atoms with Crippen LogP contribution in [0, 0.1) is 6.92 Å². The van der Waals surface area contributed by atoms with E-state index in [2.05, 4.69) is 15.9 Å². The van der Waals surface area contributed by atoms with Gasteiger partial charge >= 0.3 is 0 Å². The molecule has 23 heavy (non-hydrogen) atoms. The van der Waals surface area contributed by atoms with Gasteiger partial charge in [-0.05, 0) is 71.7 Å². The highest BCUT2D eigenvalue weighted by molar-refractivity contribution is 9.10. The van der Waals surface area contributed by atoms with Crippen LogP contribution in [0.2, 0.25) is 5.02 Å². The molecule has 0 saturated carbocycles. The van der Waals surface area contributed by atoms with Crippen molar-refractivity contribution in [3.63, 3.8) is 0 Å². The molecule has 0 spiro atoms. The molecule has 0 atom stereocenters. The monoisotopic (exact) mass is 417 g/mol. The molecular formula is C16H17BrClNO3S. The number of methoxy groups -OCH3 is 1. The summed E-state index contributed by atoms with van der Waals surface area (Å²) in [5.74, 6) is 0.578. The van der Waals surface area contributed by atoms with Crippen molar-refractivity contribution < 1.29 is 13.2 Å². The van der Waals surface area contributed by atoms with Crippen LogP contribution in [-0.4, -0.2) is 22.1 Å². The van der Waals surface area contributed by atoms with E-state index in [9.17, 15) is 8.42 Å². The molecule has 0 fully saturated rings. The Kier molecular flexibility index (Phi) is 5.60. The number of hydrogen-bond donors (Lipinski definition) is 0. The summed E-state index contributed by atoms with van der Waals surface area (Å²) >= 11 is 9.29. The van der Waals surface area contributed by atoms with Gasteiger partial charge in [-0.1, -0.05) is 11.6 Å². The van der Waals surface area contributed by atoms with E-state index in [-0.39, 0.29) is 4.90 Å². The molecule has 0 aliphatic carbocycles. The fourth-order valence-electron chi connectivity index (χ4n) is 2.30. The van der Waals surface area contributed by atoms with Crippen LogP contribution in [0.3, 0.4) is 0 Å². The molecule has 4 nitrogen and oxygen atoms in total. The van der Waals surface area contributed by atoms with Gasteiger partial charge in [-0.3, -0.25) is 4.31 Å². The topological polar surface area (TPSA) is 46.6 Å². The maximum atomic E-state index is 13.0. The first kappa shape index (κ1) is 18.1. The number of nitrogens with zero attached hydrogens (tertiary/aromatic N) is 1. The SMILES string of the molecule is CCN(c1ccc(Cl)cc1C)S(=O)(=O)c1ccc(OC)c(Br)c1. The molecule has 0 bridgehead atoms. The number of rotatable bonds is 5. The number of ether oxygens (including phenoxy) is 1. The summed E-state index contributed by atoms with van der Waals surface area (Å²) in [7, 11) is -2.15. The molecule has 0 amide bonds. The molecule has 2 rings (SSSR count). The van der Waals surface area contributed by atoms with E-state index in [1.54, 1.807) is 37.3 Å². The Morgan fingerprint density at radius 3 is 2.43 bits per heavy atom. The first-order chi connectivity index (χ1) is 10.8. The maximum Gasteiger partial charge on any atom is 0.264 e. The minimum Gasteiger partial charge on any atom is -0.496 e. The van der Waals surface area contributed by atoms with Gasteiger partial charge in [0.05, 0.1) is 22.2 Å². The zero-order valence-electron chi connectivity index (χ0n) is 13.0. The first-order valence-electron chi connectivity index (χ1n) is 6.93. The standard InChI is InChI=1S/C16H17BrClNO3S/c1-4-19(15-7-5-12(18)9-11(15)2)23(20,21)13-6-8-16(22-3)14(17)10-13/h5-10H,4H2,1-3H3. The molecule has 7 heteroatoms. The summed E-state index contributed by atoms with van der Waals surface area (Å²) in [6.07, 6.45) is 0. The quantitative estimate of drug-likeness (QED) is 0.711. The van der Waals surface area contributed by atoms with Gasteiger partial charge in [0.25, 0.3) is 10.0 Å². The Bertz CT molecular complexity index is 824. The van der Waals surface area contributed by atoms with Crippen molar-refractivity contribution >= 4 is 43.2 Å². The first-order valence-corrected chi connectivity index (χ1v) is 9.54. The highest BCUT2D eigenvalue weighted by atomic mass is 79.9. The molecule has 0 radical (unpaired) electrons. The lowest BCUT2D eigenvalue weighted by molar-refractivity contribution is 0.411. The van der Waals surface area contributed by atoms with Gasteiger partial charge in [-0.25, -0.2) is 8.42 Å². The Morgan fingerprint density at radius 2 is 1.91 bits per heavy atom. The Labute approximate surface area is 150 Å². The fraction of sp³-hybridized carbons (Fsp3) is 0.250. The predicted molar refractivity (Wildman–Crippen MR) is 97.1 cm³/mol. The molecular weight excluding hydrogens is 402 g/mol. The molecule has 0 saturated heterocycles. The zero-order chi connectivity index (χ0) is 17.2. The lowest BCUT2D eigenvalue weighted by Crippen LogP contribution is -2.31. The highest BCUT2D eigenvalue weighted by Gasteiger charge is 2.25. The lowest BCUT2D eigenvalue weighted by Gasteiger charge is -2.25. The van der Waals surface area contributed by atoms with Gasteiger partial charge in [0.15, 0.2) is 0 Å². The second-order valence-electron chi connectivity index (χ2n) is 4.90. The Hall–Kier alpha value is -1.24. The van der Waals surface area contributed by atoms with E-state index >= 15 is 0 Å². The lowest BCUT2D eigenvalue weighted by atomic mass is 10.2. The fourth-order valence-corrected chi connectivity index (χ4v) is 4.79. The number of sulfonamides is 1. The summed E-state index contributed by atoms with van der Waals surface area (Å²) in [6.45, 7) is 3.95. The van der Waals surface area contributed by atoms with Crippen LogP contribution >= 0.6 is 27.5 Å². The number of benzene rings is 2. The summed E-state index contributed by atoms with van der Waals surface area (Å²) in [4.78, 5) is 0.196. The third-order valence-corrected chi connectivity index (χ3v) is 6.17. The molecule has 0 unspecified atom stereocenters. The normalized spacial score (nSPS) is 11.3. The van der Waals surface area contributed by atoms with Gasteiger partial charge in [0.1, 0.15) is 5.75 Å². The van der Waals surface area contributed by atoms with Crippen LogP contribution in [-0.2, 0) is 10.0 Å². The smallest absolute Gasteiger partial charge is 0.264 e. The summed E-state index contributed by atoms with van der Waals surface area (Å²) < 4.78 is 33.1. The zero-order valence-corrected chi connectivity index (χ0v) is 16.2. The molecule has 2 aromatic carbocycles. The third kappa shape index (κ3) is 3.65. The van der Waals surface area contributed by atoms with Gasteiger partial charge in [-0.2, -0.15) is 0 Å². The molecule has 0 aliphatic heterocycles. The molecule has 124 valence electrons. The summed E-state index contributed by atoms with van der Waals surface area (Å²) in [6, 6.07) is 9.86. The van der Waals surface area contributed by atoms with E-state index in [0.29, 0.717) is 27.5 Å². The van der Waals surface area contributed by atoms with Gasteiger partial charge in [0.2, 0.25) is 0 Å². The second kappa shape index (κ2) is 7.11. The van der Waals surface area contributed by atoms with E-state index in [1.165, 1.54) is 17.5 Å². The van der Waals surface area contributed by atoms with Crippen molar-refractivity contribution in [3.05, 3.63) is 51.5 Å². The van der Waals surface area contributed by atoms with Gasteiger partial charge < -0.3 is 4.74 Å². The largest absolute Gasteiger partial charge is 0.496 e. The minimum absolute atomic E-state index is 0.196. The number of aryl methyl sites for hydroxylation is 1. The van der Waals surface area contributed by atoms with Gasteiger partial charge in [0, 0.05) is 11.6 Å².